The van der Waals surface area contributed by atoms with Crippen LogP contribution in [0.5, 0.6) is 0 Å². The second-order valence-corrected chi connectivity index (χ2v) is 7.07. The van der Waals surface area contributed by atoms with E-state index >= 15 is 0 Å². The lowest BCUT2D eigenvalue weighted by Crippen LogP contribution is -2.12. The van der Waals surface area contributed by atoms with Crippen LogP contribution in [0.25, 0.3) is 11.3 Å². The molecule has 22 heavy (non-hydrogen) atoms. The van der Waals surface area contributed by atoms with Gasteiger partial charge in [0.1, 0.15) is 10.9 Å². The molecule has 0 saturated heterocycles. The maximum absolute atomic E-state index is 11.7. The van der Waals surface area contributed by atoms with Crippen molar-refractivity contribution in [3.63, 3.8) is 0 Å². The summed E-state index contributed by atoms with van der Waals surface area (Å²) < 4.78 is 27.4. The molecule has 0 radical (unpaired) electrons. The Bertz CT molecular complexity index is 766. The quantitative estimate of drug-likeness (QED) is 0.841. The predicted octanol–water partition coefficient (Wildman–Crippen LogP) is 2.12. The van der Waals surface area contributed by atoms with E-state index < -0.39 is 15.9 Å². The van der Waals surface area contributed by atoms with E-state index in [0.29, 0.717) is 17.3 Å². The van der Waals surface area contributed by atoms with E-state index in [9.17, 15) is 13.2 Å². The van der Waals surface area contributed by atoms with Crippen LogP contribution in [0.3, 0.4) is 0 Å². The summed E-state index contributed by atoms with van der Waals surface area (Å²) in [4.78, 5) is 16.2. The maximum Gasteiger partial charge on any atom is 0.315 e. The van der Waals surface area contributed by atoms with Gasteiger partial charge in [0.25, 0.3) is 0 Å². The van der Waals surface area contributed by atoms with Gasteiger partial charge in [0.2, 0.25) is 10.0 Å². The zero-order chi connectivity index (χ0) is 16.3. The van der Waals surface area contributed by atoms with E-state index in [1.165, 1.54) is 23.5 Å². The standard InChI is InChI=1S/C14H16N2O4S2/c1-3-20-14(17)9(2)13-16-12(8-21-13)10-4-6-11(7-5-10)22(15,18)19/h4-9H,3H2,1-2H3,(H2,15,18,19). The Labute approximate surface area is 133 Å². The Morgan fingerprint density at radius 2 is 2.00 bits per heavy atom. The van der Waals surface area contributed by atoms with E-state index in [0.717, 1.165) is 5.56 Å². The summed E-state index contributed by atoms with van der Waals surface area (Å²) in [5, 5.41) is 7.53. The SMILES string of the molecule is CCOC(=O)C(C)c1nc(-c2ccc(S(N)(=O)=O)cc2)cs1. The van der Waals surface area contributed by atoms with E-state index in [2.05, 4.69) is 4.98 Å². The van der Waals surface area contributed by atoms with Crippen LogP contribution in [0.2, 0.25) is 0 Å². The molecule has 1 aromatic heterocycles. The topological polar surface area (TPSA) is 99.3 Å². The van der Waals surface area contributed by atoms with E-state index in [1.807, 2.05) is 5.38 Å². The Balaban J connectivity index is 2.23. The van der Waals surface area contributed by atoms with Crippen molar-refractivity contribution in [3.05, 3.63) is 34.7 Å². The zero-order valence-corrected chi connectivity index (χ0v) is 13.8. The molecular formula is C14H16N2O4S2. The molecule has 1 aromatic carbocycles. The molecule has 0 amide bonds. The number of sulfonamides is 1. The highest BCUT2D eigenvalue weighted by molar-refractivity contribution is 7.89. The third kappa shape index (κ3) is 3.70. The molecule has 1 unspecified atom stereocenters. The van der Waals surface area contributed by atoms with Gasteiger partial charge in [0.05, 0.1) is 17.2 Å². The number of hydrogen-bond acceptors (Lipinski definition) is 6. The lowest BCUT2D eigenvalue weighted by atomic mass is 10.1. The summed E-state index contributed by atoms with van der Waals surface area (Å²) >= 11 is 1.36. The number of rotatable bonds is 5. The Hall–Kier alpha value is -1.77. The molecule has 2 N–H and O–H groups in total. The lowest BCUT2D eigenvalue weighted by Gasteiger charge is -2.06. The smallest absolute Gasteiger partial charge is 0.315 e. The highest BCUT2D eigenvalue weighted by Crippen LogP contribution is 2.27. The van der Waals surface area contributed by atoms with Gasteiger partial charge in [0.15, 0.2) is 0 Å². The fourth-order valence-electron chi connectivity index (χ4n) is 1.80. The van der Waals surface area contributed by atoms with Crippen LogP contribution in [0.1, 0.15) is 24.8 Å². The molecule has 0 aliphatic rings. The third-order valence-electron chi connectivity index (χ3n) is 3.01. The first-order valence-corrected chi connectivity index (χ1v) is 9.00. The molecule has 0 aliphatic heterocycles. The van der Waals surface area contributed by atoms with Crippen LogP contribution in [-0.4, -0.2) is 26.0 Å². The number of carbonyl (C=O) groups is 1. The molecule has 118 valence electrons. The number of hydrogen-bond donors (Lipinski definition) is 1. The monoisotopic (exact) mass is 340 g/mol. The molecule has 1 heterocycles. The minimum absolute atomic E-state index is 0.0478. The molecule has 0 saturated carbocycles. The van der Waals surface area contributed by atoms with Crippen molar-refractivity contribution >= 4 is 27.3 Å². The number of nitrogens with zero attached hydrogens (tertiary/aromatic N) is 1. The Morgan fingerprint density at radius 3 is 2.55 bits per heavy atom. The Kier molecular flexibility index (Phi) is 4.94. The first-order valence-electron chi connectivity index (χ1n) is 6.58. The lowest BCUT2D eigenvalue weighted by molar-refractivity contribution is -0.144. The van der Waals surface area contributed by atoms with Crippen LogP contribution in [-0.2, 0) is 19.6 Å². The van der Waals surface area contributed by atoms with Crippen molar-refractivity contribution in [2.45, 2.75) is 24.7 Å². The first-order chi connectivity index (χ1) is 10.3. The van der Waals surface area contributed by atoms with E-state index in [-0.39, 0.29) is 10.9 Å². The number of primary sulfonamides is 1. The van der Waals surface area contributed by atoms with E-state index in [1.54, 1.807) is 26.0 Å². The highest BCUT2D eigenvalue weighted by atomic mass is 32.2. The molecule has 0 spiro atoms. The van der Waals surface area contributed by atoms with Gasteiger partial charge in [-0.3, -0.25) is 4.79 Å². The molecule has 0 bridgehead atoms. The molecule has 2 aromatic rings. The zero-order valence-electron chi connectivity index (χ0n) is 12.1. The van der Waals surface area contributed by atoms with Crippen molar-refractivity contribution < 1.29 is 17.9 Å². The molecule has 0 fully saturated rings. The second kappa shape index (κ2) is 6.55. The van der Waals surface area contributed by atoms with Crippen LogP contribution in [0, 0.1) is 0 Å². The summed E-state index contributed by atoms with van der Waals surface area (Å²) in [7, 11) is -3.71. The van der Waals surface area contributed by atoms with Gasteiger partial charge in [-0.25, -0.2) is 18.5 Å². The molecule has 6 nitrogen and oxygen atoms in total. The maximum atomic E-state index is 11.7. The van der Waals surface area contributed by atoms with Gasteiger partial charge >= 0.3 is 5.97 Å². The van der Waals surface area contributed by atoms with Crippen molar-refractivity contribution in [1.82, 2.24) is 4.98 Å². The van der Waals surface area contributed by atoms with Crippen molar-refractivity contribution in [2.24, 2.45) is 5.14 Å². The summed E-state index contributed by atoms with van der Waals surface area (Å²) in [5.41, 5.74) is 1.43. The van der Waals surface area contributed by atoms with Gasteiger partial charge in [-0.15, -0.1) is 11.3 Å². The molecule has 1 atom stereocenters. The molecular weight excluding hydrogens is 324 g/mol. The average Bonchev–Trinajstić information content (AvgIpc) is 2.95. The summed E-state index contributed by atoms with van der Waals surface area (Å²) in [6.07, 6.45) is 0. The van der Waals surface area contributed by atoms with Gasteiger partial charge < -0.3 is 4.74 Å². The number of nitrogens with two attached hydrogens (primary N) is 1. The molecule has 8 heteroatoms. The molecule has 2 rings (SSSR count). The summed E-state index contributed by atoms with van der Waals surface area (Å²) in [6.45, 7) is 3.83. The fraction of sp³-hybridized carbons (Fsp3) is 0.286. The minimum Gasteiger partial charge on any atom is -0.465 e. The number of carbonyl (C=O) groups excluding carboxylic acids is 1. The number of aromatic nitrogens is 1. The number of ether oxygens (including phenoxy) is 1. The van der Waals surface area contributed by atoms with Crippen molar-refractivity contribution in [3.8, 4) is 11.3 Å². The number of thiazole rings is 1. The third-order valence-corrected chi connectivity index (χ3v) is 4.97. The normalized spacial score (nSPS) is 12.9. The number of benzene rings is 1. The largest absolute Gasteiger partial charge is 0.465 e. The first kappa shape index (κ1) is 16.6. The minimum atomic E-state index is -3.71. The van der Waals surface area contributed by atoms with Gasteiger partial charge in [-0.05, 0) is 26.0 Å². The van der Waals surface area contributed by atoms with Gasteiger partial charge in [-0.1, -0.05) is 12.1 Å². The van der Waals surface area contributed by atoms with Crippen molar-refractivity contribution in [1.29, 1.82) is 0 Å². The van der Waals surface area contributed by atoms with Crippen LogP contribution >= 0.6 is 11.3 Å². The average molecular weight is 340 g/mol. The summed E-state index contributed by atoms with van der Waals surface area (Å²) in [5.74, 6) is -0.740. The van der Waals surface area contributed by atoms with E-state index in [4.69, 9.17) is 9.88 Å². The van der Waals surface area contributed by atoms with Crippen LogP contribution in [0.15, 0.2) is 34.5 Å². The van der Waals surface area contributed by atoms with Crippen molar-refractivity contribution in [2.75, 3.05) is 6.61 Å². The fourth-order valence-corrected chi connectivity index (χ4v) is 3.19. The van der Waals surface area contributed by atoms with Gasteiger partial charge in [-0.2, -0.15) is 0 Å². The Morgan fingerprint density at radius 1 is 1.36 bits per heavy atom. The van der Waals surface area contributed by atoms with Gasteiger partial charge in [0, 0.05) is 10.9 Å². The highest BCUT2D eigenvalue weighted by Gasteiger charge is 2.20. The van der Waals surface area contributed by atoms with Crippen LogP contribution in [0.4, 0.5) is 0 Å². The number of esters is 1. The molecule has 0 aliphatic carbocycles. The van der Waals surface area contributed by atoms with Crippen LogP contribution < -0.4 is 5.14 Å². The predicted molar refractivity (Wildman–Crippen MR) is 84.0 cm³/mol. The second-order valence-electron chi connectivity index (χ2n) is 4.61. The summed E-state index contributed by atoms with van der Waals surface area (Å²) in [6, 6.07) is 6.12.